The van der Waals surface area contributed by atoms with Crippen LogP contribution in [0.5, 0.6) is 0 Å². The average Bonchev–Trinajstić information content (AvgIpc) is 2.61. The summed E-state index contributed by atoms with van der Waals surface area (Å²) < 4.78 is 0. The molecular weight excluding hydrogens is 322 g/mol. The summed E-state index contributed by atoms with van der Waals surface area (Å²) in [7, 11) is 0. The van der Waals surface area contributed by atoms with Crippen molar-refractivity contribution >= 4 is 28.9 Å². The highest BCUT2D eigenvalue weighted by Crippen LogP contribution is 2.23. The number of anilines is 2. The Bertz CT molecular complexity index is 795. The Morgan fingerprint density at radius 3 is 2.08 bits per heavy atom. The number of nitrogens with one attached hydrogen (secondary N) is 2. The summed E-state index contributed by atoms with van der Waals surface area (Å²) in [5.74, 6) is -1.70. The van der Waals surface area contributed by atoms with Gasteiger partial charge in [0.05, 0.1) is 4.92 Å². The Morgan fingerprint density at radius 1 is 0.960 bits per heavy atom. The van der Waals surface area contributed by atoms with Gasteiger partial charge in [0.2, 0.25) is 0 Å². The van der Waals surface area contributed by atoms with E-state index in [9.17, 15) is 19.7 Å². The smallest absolute Gasteiger partial charge is 0.314 e. The summed E-state index contributed by atoms with van der Waals surface area (Å²) in [6, 6.07) is 11.1. The molecule has 2 rings (SSSR count). The van der Waals surface area contributed by atoms with Crippen molar-refractivity contribution in [3.63, 3.8) is 0 Å². The lowest BCUT2D eigenvalue weighted by Crippen LogP contribution is -2.29. The van der Waals surface area contributed by atoms with E-state index < -0.39 is 16.7 Å². The van der Waals surface area contributed by atoms with Crippen LogP contribution in [-0.2, 0) is 22.4 Å². The van der Waals surface area contributed by atoms with Crippen molar-refractivity contribution in [2.45, 2.75) is 26.7 Å². The summed E-state index contributed by atoms with van der Waals surface area (Å²) in [5.41, 5.74) is 2.55. The highest BCUT2D eigenvalue weighted by Gasteiger charge is 2.18. The minimum absolute atomic E-state index is 0.164. The SMILES string of the molecule is CCc1cccc(CC)c1NC(=O)C(=O)Nc1cccc([N+](=O)[O-])c1. The quantitative estimate of drug-likeness (QED) is 0.495. The van der Waals surface area contributed by atoms with Crippen molar-refractivity contribution in [3.05, 3.63) is 63.7 Å². The molecule has 0 unspecified atom stereocenters. The van der Waals surface area contributed by atoms with Crippen molar-refractivity contribution in [3.8, 4) is 0 Å². The van der Waals surface area contributed by atoms with Gasteiger partial charge >= 0.3 is 11.8 Å². The molecule has 0 aliphatic carbocycles. The molecule has 0 aliphatic rings. The third kappa shape index (κ3) is 4.41. The van der Waals surface area contributed by atoms with Gasteiger partial charge in [0.1, 0.15) is 0 Å². The zero-order chi connectivity index (χ0) is 18.4. The van der Waals surface area contributed by atoms with Crippen LogP contribution in [0.15, 0.2) is 42.5 Å². The van der Waals surface area contributed by atoms with E-state index in [-0.39, 0.29) is 11.4 Å². The van der Waals surface area contributed by atoms with Crippen LogP contribution >= 0.6 is 0 Å². The van der Waals surface area contributed by atoms with E-state index >= 15 is 0 Å². The molecule has 7 heteroatoms. The summed E-state index contributed by atoms with van der Waals surface area (Å²) in [5, 5.41) is 15.8. The van der Waals surface area contributed by atoms with Crippen LogP contribution in [0.4, 0.5) is 17.1 Å². The zero-order valence-electron chi connectivity index (χ0n) is 14.0. The molecule has 0 aromatic heterocycles. The summed E-state index contributed by atoms with van der Waals surface area (Å²) in [6.07, 6.45) is 1.44. The second kappa shape index (κ2) is 8.05. The van der Waals surface area contributed by atoms with Crippen LogP contribution in [0.25, 0.3) is 0 Å². The van der Waals surface area contributed by atoms with E-state index in [1.54, 1.807) is 0 Å². The molecule has 0 heterocycles. The topological polar surface area (TPSA) is 101 Å². The third-order valence-electron chi connectivity index (χ3n) is 3.76. The first kappa shape index (κ1) is 18.1. The van der Waals surface area contributed by atoms with E-state index in [1.165, 1.54) is 24.3 Å². The fourth-order valence-corrected chi connectivity index (χ4v) is 2.46. The number of benzene rings is 2. The molecule has 2 aromatic rings. The minimum Gasteiger partial charge on any atom is -0.318 e. The van der Waals surface area contributed by atoms with Gasteiger partial charge in [0.15, 0.2) is 0 Å². The predicted molar refractivity (Wildman–Crippen MR) is 95.6 cm³/mol. The normalized spacial score (nSPS) is 10.2. The van der Waals surface area contributed by atoms with Gasteiger partial charge in [0.25, 0.3) is 5.69 Å². The Kier molecular flexibility index (Phi) is 5.84. The third-order valence-corrected chi connectivity index (χ3v) is 3.76. The highest BCUT2D eigenvalue weighted by molar-refractivity contribution is 6.43. The Labute approximate surface area is 145 Å². The Hall–Kier alpha value is -3.22. The molecule has 0 fully saturated rings. The van der Waals surface area contributed by atoms with Crippen LogP contribution in [0.2, 0.25) is 0 Å². The molecule has 130 valence electrons. The van der Waals surface area contributed by atoms with Crippen molar-refractivity contribution in [1.29, 1.82) is 0 Å². The van der Waals surface area contributed by atoms with E-state index in [0.717, 1.165) is 24.0 Å². The molecule has 2 amide bonds. The summed E-state index contributed by atoms with van der Waals surface area (Å²) >= 11 is 0. The lowest BCUT2D eigenvalue weighted by atomic mass is 10.0. The molecule has 0 saturated heterocycles. The number of carbonyl (C=O) groups excluding carboxylic acids is 2. The molecule has 0 radical (unpaired) electrons. The number of rotatable bonds is 5. The average molecular weight is 341 g/mol. The molecular formula is C18H19N3O4. The van der Waals surface area contributed by atoms with Gasteiger partial charge in [-0.05, 0) is 30.0 Å². The molecule has 0 aliphatic heterocycles. The lowest BCUT2D eigenvalue weighted by Gasteiger charge is -2.14. The molecule has 0 atom stereocenters. The maximum atomic E-state index is 12.2. The summed E-state index contributed by atoms with van der Waals surface area (Å²) in [4.78, 5) is 34.5. The number of hydrogen-bond acceptors (Lipinski definition) is 4. The first-order chi connectivity index (χ1) is 12.0. The Balaban J connectivity index is 2.15. The van der Waals surface area contributed by atoms with Crippen LogP contribution in [0.3, 0.4) is 0 Å². The van der Waals surface area contributed by atoms with E-state index in [4.69, 9.17) is 0 Å². The first-order valence-electron chi connectivity index (χ1n) is 7.93. The van der Waals surface area contributed by atoms with Gasteiger partial charge in [-0.2, -0.15) is 0 Å². The Morgan fingerprint density at radius 2 is 1.52 bits per heavy atom. The number of aryl methyl sites for hydroxylation is 2. The number of carbonyl (C=O) groups is 2. The van der Waals surface area contributed by atoms with Crippen molar-refractivity contribution < 1.29 is 14.5 Å². The van der Waals surface area contributed by atoms with Crippen LogP contribution in [0.1, 0.15) is 25.0 Å². The molecule has 0 bridgehead atoms. The highest BCUT2D eigenvalue weighted by atomic mass is 16.6. The van der Waals surface area contributed by atoms with Crippen LogP contribution < -0.4 is 10.6 Å². The molecule has 0 saturated carbocycles. The van der Waals surface area contributed by atoms with Gasteiger partial charge in [0, 0.05) is 23.5 Å². The number of nitro benzene ring substituents is 1. The van der Waals surface area contributed by atoms with Crippen molar-refractivity contribution in [2.75, 3.05) is 10.6 Å². The molecule has 2 aromatic carbocycles. The van der Waals surface area contributed by atoms with Crippen LogP contribution in [-0.4, -0.2) is 16.7 Å². The van der Waals surface area contributed by atoms with Gasteiger partial charge in [-0.3, -0.25) is 19.7 Å². The van der Waals surface area contributed by atoms with Crippen molar-refractivity contribution in [1.82, 2.24) is 0 Å². The number of nitro groups is 1. The van der Waals surface area contributed by atoms with Gasteiger partial charge < -0.3 is 10.6 Å². The molecule has 0 spiro atoms. The fourth-order valence-electron chi connectivity index (χ4n) is 2.46. The number of para-hydroxylation sites is 1. The maximum absolute atomic E-state index is 12.2. The fraction of sp³-hybridized carbons (Fsp3) is 0.222. The monoisotopic (exact) mass is 341 g/mol. The molecule has 7 nitrogen and oxygen atoms in total. The number of amides is 2. The van der Waals surface area contributed by atoms with E-state index in [0.29, 0.717) is 5.69 Å². The lowest BCUT2D eigenvalue weighted by molar-refractivity contribution is -0.384. The van der Waals surface area contributed by atoms with Gasteiger partial charge in [-0.1, -0.05) is 38.1 Å². The summed E-state index contributed by atoms with van der Waals surface area (Å²) in [6.45, 7) is 3.93. The first-order valence-corrected chi connectivity index (χ1v) is 7.93. The largest absolute Gasteiger partial charge is 0.318 e. The molecule has 25 heavy (non-hydrogen) atoms. The van der Waals surface area contributed by atoms with Gasteiger partial charge in [-0.25, -0.2) is 0 Å². The molecule has 2 N–H and O–H groups in total. The number of hydrogen-bond donors (Lipinski definition) is 2. The van der Waals surface area contributed by atoms with Crippen molar-refractivity contribution in [2.24, 2.45) is 0 Å². The number of nitrogens with zero attached hydrogens (tertiary/aromatic N) is 1. The van der Waals surface area contributed by atoms with E-state index in [2.05, 4.69) is 10.6 Å². The second-order valence-electron chi connectivity index (χ2n) is 5.37. The number of non-ortho nitro benzene ring substituents is 1. The van der Waals surface area contributed by atoms with Gasteiger partial charge in [-0.15, -0.1) is 0 Å². The second-order valence-corrected chi connectivity index (χ2v) is 5.37. The standard InChI is InChI=1S/C18H19N3O4/c1-3-12-7-5-8-13(4-2)16(12)20-18(23)17(22)19-14-9-6-10-15(11-14)21(24)25/h5-11H,3-4H2,1-2H3,(H,19,22)(H,20,23). The maximum Gasteiger partial charge on any atom is 0.314 e. The predicted octanol–water partition coefficient (Wildman–Crippen LogP) is 3.30. The van der Waals surface area contributed by atoms with Crippen LogP contribution in [0, 0.1) is 10.1 Å². The minimum atomic E-state index is -0.881. The van der Waals surface area contributed by atoms with E-state index in [1.807, 2.05) is 32.0 Å². The zero-order valence-corrected chi connectivity index (χ0v) is 14.0.